The third-order valence-corrected chi connectivity index (χ3v) is 7.84. The molecule has 7 nitrogen and oxygen atoms in total. The lowest BCUT2D eigenvalue weighted by Gasteiger charge is -2.47. The summed E-state index contributed by atoms with van der Waals surface area (Å²) in [6.45, 7) is 9.62. The fourth-order valence-corrected chi connectivity index (χ4v) is 6.20. The van der Waals surface area contributed by atoms with Crippen LogP contribution in [0.3, 0.4) is 0 Å². The maximum atomic E-state index is 13.2. The summed E-state index contributed by atoms with van der Waals surface area (Å²) in [4.78, 5) is 38.0. The number of methoxy groups -OCH3 is 1. The number of aliphatic hydroxyl groups excluding tert-OH is 1. The fraction of sp³-hybridized carbons (Fsp3) is 0.654. The van der Waals surface area contributed by atoms with Crippen LogP contribution in [0, 0.1) is 35.5 Å². The zero-order valence-electron chi connectivity index (χ0n) is 20.4. The highest BCUT2D eigenvalue weighted by Crippen LogP contribution is 2.51. The Kier molecular flexibility index (Phi) is 7.22. The molecule has 7 heteroatoms. The minimum atomic E-state index is -1.94. The highest BCUT2D eigenvalue weighted by Gasteiger charge is 2.50. The molecule has 3 aliphatic rings. The first kappa shape index (κ1) is 25.2. The zero-order valence-corrected chi connectivity index (χ0v) is 20.4. The topological polar surface area (TPSA) is 113 Å². The van der Waals surface area contributed by atoms with Crippen LogP contribution in [0.5, 0.6) is 0 Å². The lowest BCUT2D eigenvalue weighted by Crippen LogP contribution is -2.44. The first-order valence-corrected chi connectivity index (χ1v) is 11.8. The zero-order chi connectivity index (χ0) is 24.7. The molecule has 0 radical (unpaired) electrons. The van der Waals surface area contributed by atoms with Gasteiger partial charge in [-0.15, -0.1) is 0 Å². The third kappa shape index (κ3) is 4.65. The maximum absolute atomic E-state index is 13.2. The number of nitrogens with one attached hydrogen (secondary N) is 1. The molecule has 1 aliphatic heterocycles. The fourth-order valence-electron chi connectivity index (χ4n) is 6.20. The molecule has 33 heavy (non-hydrogen) atoms. The molecule has 0 aromatic carbocycles. The minimum Gasteiger partial charge on any atom is -0.511 e. The van der Waals surface area contributed by atoms with Gasteiger partial charge < -0.3 is 20.3 Å². The van der Waals surface area contributed by atoms with Gasteiger partial charge in [0.1, 0.15) is 11.3 Å². The molecule has 1 saturated heterocycles. The van der Waals surface area contributed by atoms with Crippen LogP contribution in [-0.2, 0) is 19.1 Å². The van der Waals surface area contributed by atoms with E-state index >= 15 is 0 Å². The van der Waals surface area contributed by atoms with Crippen LogP contribution in [0.4, 0.5) is 0 Å². The van der Waals surface area contributed by atoms with Crippen molar-refractivity contribution in [1.29, 1.82) is 0 Å². The summed E-state index contributed by atoms with van der Waals surface area (Å²) in [5.74, 6) is -1.56. The Balaban J connectivity index is 2.02. The van der Waals surface area contributed by atoms with Crippen LogP contribution >= 0.6 is 0 Å². The van der Waals surface area contributed by atoms with Crippen LogP contribution in [0.2, 0.25) is 0 Å². The van der Waals surface area contributed by atoms with Crippen molar-refractivity contribution in [2.24, 2.45) is 35.5 Å². The number of carbonyl (C=O) groups is 3. The lowest BCUT2D eigenvalue weighted by atomic mass is 9.57. The average Bonchev–Trinajstić information content (AvgIpc) is 3.03. The predicted molar refractivity (Wildman–Crippen MR) is 124 cm³/mol. The van der Waals surface area contributed by atoms with Crippen molar-refractivity contribution in [3.63, 3.8) is 0 Å². The monoisotopic (exact) mass is 459 g/mol. The molecule has 8 atom stereocenters. The van der Waals surface area contributed by atoms with Crippen molar-refractivity contribution < 1.29 is 29.3 Å². The highest BCUT2D eigenvalue weighted by molar-refractivity contribution is 6.27. The van der Waals surface area contributed by atoms with E-state index in [1.807, 2.05) is 19.9 Å². The molecular weight excluding hydrogens is 422 g/mol. The van der Waals surface area contributed by atoms with Gasteiger partial charge in [0.05, 0.1) is 13.2 Å². The van der Waals surface area contributed by atoms with Gasteiger partial charge in [0, 0.05) is 18.3 Å². The summed E-state index contributed by atoms with van der Waals surface area (Å²) in [5.41, 5.74) is -1.12. The standard InChI is InChI=1S/C26H37NO6/c1-7-14(3)17-9-8-16-11-13(2)10-15(4)19(16)20(17)23(29)21-22(28)18(27-24(21)30)12-26(5,32)25(31)33-6/h7-9,13,15-20,29,32H,10-12H2,1-6H3,(H,27,30)/b14-7+,23-21-/t13-,15+,16-,17+,18-,19-,20-,26+/m1/s1. The first-order chi connectivity index (χ1) is 15.4. The van der Waals surface area contributed by atoms with Gasteiger partial charge in [0.2, 0.25) is 0 Å². The Morgan fingerprint density at radius 3 is 2.55 bits per heavy atom. The van der Waals surface area contributed by atoms with Gasteiger partial charge >= 0.3 is 5.97 Å². The molecule has 1 amide bonds. The number of rotatable bonds is 5. The smallest absolute Gasteiger partial charge is 0.337 e. The van der Waals surface area contributed by atoms with E-state index in [1.165, 1.54) is 6.92 Å². The Bertz CT molecular complexity index is 914. The van der Waals surface area contributed by atoms with E-state index in [9.17, 15) is 24.6 Å². The number of carbonyl (C=O) groups excluding carboxylic acids is 3. The molecule has 0 aromatic rings. The molecule has 1 saturated carbocycles. The van der Waals surface area contributed by atoms with Crippen molar-refractivity contribution in [2.45, 2.75) is 65.5 Å². The summed E-state index contributed by atoms with van der Waals surface area (Å²) >= 11 is 0. The summed E-state index contributed by atoms with van der Waals surface area (Å²) in [5, 5.41) is 24.5. The normalized spacial score (nSPS) is 37.8. The molecule has 2 fully saturated rings. The maximum Gasteiger partial charge on any atom is 0.337 e. The van der Waals surface area contributed by atoms with E-state index in [-0.39, 0.29) is 41.4 Å². The van der Waals surface area contributed by atoms with E-state index in [2.05, 4.69) is 36.1 Å². The number of hydrogen-bond donors (Lipinski definition) is 3. The lowest BCUT2D eigenvalue weighted by molar-refractivity contribution is -0.161. The number of ketones is 1. The van der Waals surface area contributed by atoms with E-state index in [4.69, 9.17) is 0 Å². The van der Waals surface area contributed by atoms with Crippen molar-refractivity contribution in [1.82, 2.24) is 5.32 Å². The van der Waals surface area contributed by atoms with Crippen LogP contribution in [0.1, 0.15) is 53.9 Å². The van der Waals surface area contributed by atoms with E-state index in [0.29, 0.717) is 11.8 Å². The second-order valence-electron chi connectivity index (χ2n) is 10.4. The number of Topliss-reactive ketones (excluding diaryl/α,β-unsaturated/α-hetero) is 1. The number of aliphatic hydroxyl groups is 2. The van der Waals surface area contributed by atoms with Gasteiger partial charge in [-0.25, -0.2) is 4.79 Å². The molecule has 0 spiro atoms. The molecule has 182 valence electrons. The minimum absolute atomic E-state index is 0.108. The van der Waals surface area contributed by atoms with Crippen LogP contribution in [-0.4, -0.2) is 46.6 Å². The van der Waals surface area contributed by atoms with Gasteiger partial charge in [0.15, 0.2) is 11.4 Å². The average molecular weight is 460 g/mol. The van der Waals surface area contributed by atoms with Crippen LogP contribution in [0.15, 0.2) is 35.1 Å². The number of hydrogen-bond acceptors (Lipinski definition) is 6. The van der Waals surface area contributed by atoms with Gasteiger partial charge in [-0.3, -0.25) is 9.59 Å². The summed E-state index contributed by atoms with van der Waals surface area (Å²) < 4.78 is 4.60. The molecule has 0 aromatic heterocycles. The van der Waals surface area contributed by atoms with Crippen LogP contribution in [0.25, 0.3) is 0 Å². The predicted octanol–water partition coefficient (Wildman–Crippen LogP) is 3.25. The first-order valence-electron chi connectivity index (χ1n) is 11.8. The Morgan fingerprint density at radius 2 is 1.94 bits per heavy atom. The van der Waals surface area contributed by atoms with E-state index < -0.39 is 29.3 Å². The number of allylic oxidation sites excluding steroid dienone is 5. The van der Waals surface area contributed by atoms with Crippen LogP contribution < -0.4 is 5.32 Å². The molecular formula is C26H37NO6. The summed E-state index contributed by atoms with van der Waals surface area (Å²) in [7, 11) is 1.14. The third-order valence-electron chi connectivity index (χ3n) is 7.84. The number of ether oxygens (including phenoxy) is 1. The SMILES string of the molecule is C/C=C(\C)[C@@H]1C=C[C@@H]2C[C@H](C)C[C@H](C)[C@H]2[C@@H]1/C(O)=C1/C(=O)N[C@H](C[C@](C)(O)C(=O)OC)C1=O. The quantitative estimate of drug-likeness (QED) is 0.191. The number of esters is 1. The summed E-state index contributed by atoms with van der Waals surface area (Å²) in [6.07, 6.45) is 8.07. The van der Waals surface area contributed by atoms with Crippen molar-refractivity contribution in [2.75, 3.05) is 7.11 Å². The second kappa shape index (κ2) is 9.45. The molecule has 3 rings (SSSR count). The van der Waals surface area contributed by atoms with E-state index in [1.54, 1.807) is 0 Å². The largest absolute Gasteiger partial charge is 0.511 e. The Morgan fingerprint density at radius 1 is 1.27 bits per heavy atom. The summed E-state index contributed by atoms with van der Waals surface area (Å²) in [6, 6.07) is -1.11. The van der Waals surface area contributed by atoms with E-state index in [0.717, 1.165) is 25.5 Å². The Labute approximate surface area is 196 Å². The van der Waals surface area contributed by atoms with Gasteiger partial charge in [0.25, 0.3) is 5.91 Å². The number of amides is 1. The molecule has 2 aliphatic carbocycles. The molecule has 3 N–H and O–H groups in total. The number of fused-ring (bicyclic) bond motifs is 1. The van der Waals surface area contributed by atoms with Crippen molar-refractivity contribution in [3.8, 4) is 0 Å². The van der Waals surface area contributed by atoms with Gasteiger partial charge in [-0.05, 0) is 57.3 Å². The molecule has 0 bridgehead atoms. The van der Waals surface area contributed by atoms with Gasteiger partial charge in [-0.1, -0.05) is 37.6 Å². The molecule has 1 heterocycles. The highest BCUT2D eigenvalue weighted by atomic mass is 16.5. The Hall–Kier alpha value is -2.41. The van der Waals surface area contributed by atoms with Crippen molar-refractivity contribution in [3.05, 3.63) is 35.1 Å². The van der Waals surface area contributed by atoms with Crippen molar-refractivity contribution >= 4 is 17.7 Å². The van der Waals surface area contributed by atoms with Gasteiger partial charge in [-0.2, -0.15) is 0 Å². The molecule has 0 unspecified atom stereocenters. The second-order valence-corrected chi connectivity index (χ2v) is 10.4.